The molecule has 0 bridgehead atoms. The number of alkyl halides is 1. The lowest BCUT2D eigenvalue weighted by Gasteiger charge is -2.08. The van der Waals surface area contributed by atoms with Gasteiger partial charge in [0.25, 0.3) is 0 Å². The normalized spacial score (nSPS) is 12.1. The van der Waals surface area contributed by atoms with E-state index in [1.165, 1.54) is 12.1 Å². The third-order valence-corrected chi connectivity index (χ3v) is 3.02. The number of hydrogen-bond acceptors (Lipinski definition) is 1. The molecular formula is C15H12ClFO. The zero-order chi connectivity index (χ0) is 13.0. The Labute approximate surface area is 110 Å². The standard InChI is InChI=1S/C15H12ClFO/c16-14(10-11-6-8-13(17)9-7-11)15(18)12-4-2-1-3-5-12/h1-9,14H,10H2. The SMILES string of the molecule is O=C(c1ccccc1)C(Cl)Cc1ccc(F)cc1. The van der Waals surface area contributed by atoms with Crippen LogP contribution in [0.25, 0.3) is 0 Å². The molecule has 2 rings (SSSR count). The zero-order valence-corrected chi connectivity index (χ0v) is 10.4. The van der Waals surface area contributed by atoms with Crippen molar-refractivity contribution in [1.82, 2.24) is 0 Å². The Kier molecular flexibility index (Phi) is 4.11. The van der Waals surface area contributed by atoms with Crippen molar-refractivity contribution in [3.8, 4) is 0 Å². The van der Waals surface area contributed by atoms with Crippen molar-refractivity contribution in [2.24, 2.45) is 0 Å². The molecule has 0 spiro atoms. The first kappa shape index (κ1) is 12.8. The molecule has 0 aromatic heterocycles. The molecule has 0 aliphatic rings. The van der Waals surface area contributed by atoms with Gasteiger partial charge in [-0.3, -0.25) is 4.79 Å². The highest BCUT2D eigenvalue weighted by Gasteiger charge is 2.17. The monoisotopic (exact) mass is 262 g/mol. The van der Waals surface area contributed by atoms with Gasteiger partial charge in [0, 0.05) is 5.56 Å². The Morgan fingerprint density at radius 3 is 2.28 bits per heavy atom. The zero-order valence-electron chi connectivity index (χ0n) is 9.64. The molecule has 0 N–H and O–H groups in total. The average Bonchev–Trinajstić information content (AvgIpc) is 2.41. The Balaban J connectivity index is 2.06. The van der Waals surface area contributed by atoms with E-state index < -0.39 is 5.38 Å². The first-order valence-corrected chi connectivity index (χ1v) is 6.08. The van der Waals surface area contributed by atoms with Crippen LogP contribution in [0.15, 0.2) is 54.6 Å². The van der Waals surface area contributed by atoms with E-state index in [1.807, 2.05) is 6.07 Å². The van der Waals surface area contributed by atoms with Crippen molar-refractivity contribution >= 4 is 17.4 Å². The average molecular weight is 263 g/mol. The van der Waals surface area contributed by atoms with Gasteiger partial charge in [0.1, 0.15) is 11.2 Å². The van der Waals surface area contributed by atoms with Crippen molar-refractivity contribution in [1.29, 1.82) is 0 Å². The molecule has 0 aliphatic carbocycles. The van der Waals surface area contributed by atoms with Crippen LogP contribution in [0.3, 0.4) is 0 Å². The third-order valence-electron chi connectivity index (χ3n) is 2.67. The topological polar surface area (TPSA) is 17.1 Å². The third kappa shape index (κ3) is 3.17. The minimum Gasteiger partial charge on any atom is -0.292 e. The van der Waals surface area contributed by atoms with Crippen LogP contribution in [0.2, 0.25) is 0 Å². The second-order valence-electron chi connectivity index (χ2n) is 4.03. The fourth-order valence-electron chi connectivity index (χ4n) is 1.70. The van der Waals surface area contributed by atoms with Gasteiger partial charge in [0.15, 0.2) is 5.78 Å². The molecule has 1 unspecified atom stereocenters. The molecule has 0 aliphatic heterocycles. The summed E-state index contributed by atoms with van der Waals surface area (Å²) in [6, 6.07) is 14.9. The van der Waals surface area contributed by atoms with Crippen molar-refractivity contribution in [3.05, 3.63) is 71.5 Å². The van der Waals surface area contributed by atoms with Gasteiger partial charge in [-0.25, -0.2) is 4.39 Å². The Morgan fingerprint density at radius 1 is 1.06 bits per heavy atom. The molecule has 0 amide bonds. The van der Waals surface area contributed by atoms with Crippen LogP contribution in [0.5, 0.6) is 0 Å². The first-order valence-electron chi connectivity index (χ1n) is 5.64. The van der Waals surface area contributed by atoms with Gasteiger partial charge in [0.05, 0.1) is 0 Å². The Morgan fingerprint density at radius 2 is 1.67 bits per heavy atom. The van der Waals surface area contributed by atoms with Gasteiger partial charge in [0.2, 0.25) is 0 Å². The Hall–Kier alpha value is -1.67. The fourth-order valence-corrected chi connectivity index (χ4v) is 2.01. The number of ketones is 1. The van der Waals surface area contributed by atoms with Gasteiger partial charge in [-0.05, 0) is 24.1 Å². The summed E-state index contributed by atoms with van der Waals surface area (Å²) < 4.78 is 12.7. The van der Waals surface area contributed by atoms with Crippen LogP contribution < -0.4 is 0 Å². The summed E-state index contributed by atoms with van der Waals surface area (Å²) in [6.45, 7) is 0. The predicted octanol–water partition coefficient (Wildman–Crippen LogP) is 3.86. The number of carbonyl (C=O) groups excluding carboxylic acids is 1. The number of halogens is 2. The maximum absolute atomic E-state index is 12.7. The lowest BCUT2D eigenvalue weighted by molar-refractivity contribution is 0.0986. The molecule has 0 fully saturated rings. The van der Waals surface area contributed by atoms with E-state index >= 15 is 0 Å². The predicted molar refractivity (Wildman–Crippen MR) is 70.5 cm³/mol. The van der Waals surface area contributed by atoms with Crippen LogP contribution in [-0.4, -0.2) is 11.2 Å². The molecule has 1 nitrogen and oxygen atoms in total. The summed E-state index contributed by atoms with van der Waals surface area (Å²) in [6.07, 6.45) is 0.398. The molecule has 0 radical (unpaired) electrons. The summed E-state index contributed by atoms with van der Waals surface area (Å²) in [7, 11) is 0. The Bertz CT molecular complexity index is 522. The molecular weight excluding hydrogens is 251 g/mol. The van der Waals surface area contributed by atoms with Gasteiger partial charge < -0.3 is 0 Å². The van der Waals surface area contributed by atoms with Crippen molar-refractivity contribution in [3.63, 3.8) is 0 Å². The summed E-state index contributed by atoms with van der Waals surface area (Å²) in [4.78, 5) is 12.0. The van der Waals surface area contributed by atoms with Gasteiger partial charge in [-0.15, -0.1) is 11.6 Å². The smallest absolute Gasteiger partial charge is 0.180 e. The number of carbonyl (C=O) groups is 1. The van der Waals surface area contributed by atoms with Gasteiger partial charge in [-0.1, -0.05) is 42.5 Å². The van der Waals surface area contributed by atoms with Crippen molar-refractivity contribution in [2.75, 3.05) is 0 Å². The fraction of sp³-hybridized carbons (Fsp3) is 0.133. The highest BCUT2D eigenvalue weighted by atomic mass is 35.5. The molecule has 18 heavy (non-hydrogen) atoms. The summed E-state index contributed by atoms with van der Waals surface area (Å²) >= 11 is 6.10. The number of hydrogen-bond donors (Lipinski definition) is 0. The molecule has 1 atom stereocenters. The largest absolute Gasteiger partial charge is 0.292 e. The summed E-state index contributed by atoms with van der Waals surface area (Å²) in [5.74, 6) is -0.402. The maximum Gasteiger partial charge on any atom is 0.180 e. The van der Waals surface area contributed by atoms with E-state index in [4.69, 9.17) is 11.6 Å². The number of benzene rings is 2. The first-order chi connectivity index (χ1) is 8.66. The maximum atomic E-state index is 12.7. The van der Waals surface area contributed by atoms with Crippen LogP contribution in [0.4, 0.5) is 4.39 Å². The van der Waals surface area contributed by atoms with E-state index in [-0.39, 0.29) is 11.6 Å². The van der Waals surface area contributed by atoms with E-state index in [1.54, 1.807) is 36.4 Å². The summed E-state index contributed by atoms with van der Waals surface area (Å²) in [5, 5.41) is -0.627. The van der Waals surface area contributed by atoms with Crippen LogP contribution >= 0.6 is 11.6 Å². The van der Waals surface area contributed by atoms with Gasteiger partial charge >= 0.3 is 0 Å². The molecule has 0 saturated heterocycles. The molecule has 2 aromatic carbocycles. The van der Waals surface area contributed by atoms with E-state index in [9.17, 15) is 9.18 Å². The molecule has 2 aromatic rings. The highest BCUT2D eigenvalue weighted by Crippen LogP contribution is 2.14. The van der Waals surface area contributed by atoms with E-state index in [0.717, 1.165) is 5.56 Å². The lowest BCUT2D eigenvalue weighted by atomic mass is 10.0. The lowest BCUT2D eigenvalue weighted by Crippen LogP contribution is -2.17. The molecule has 3 heteroatoms. The minimum atomic E-state index is -0.627. The van der Waals surface area contributed by atoms with Gasteiger partial charge in [-0.2, -0.15) is 0 Å². The minimum absolute atomic E-state index is 0.110. The van der Waals surface area contributed by atoms with Crippen LogP contribution in [0.1, 0.15) is 15.9 Å². The number of rotatable bonds is 4. The molecule has 0 heterocycles. The van der Waals surface area contributed by atoms with Crippen molar-refractivity contribution < 1.29 is 9.18 Å². The van der Waals surface area contributed by atoms with Crippen LogP contribution in [0, 0.1) is 5.82 Å². The van der Waals surface area contributed by atoms with E-state index in [2.05, 4.69) is 0 Å². The number of Topliss-reactive ketones (excluding diaryl/α,β-unsaturated/α-hetero) is 1. The second kappa shape index (κ2) is 5.78. The summed E-state index contributed by atoms with van der Waals surface area (Å²) in [5.41, 5.74) is 1.44. The molecule has 0 saturated carbocycles. The van der Waals surface area contributed by atoms with E-state index in [0.29, 0.717) is 12.0 Å². The van der Waals surface area contributed by atoms with Crippen molar-refractivity contribution in [2.45, 2.75) is 11.8 Å². The highest BCUT2D eigenvalue weighted by molar-refractivity contribution is 6.34. The second-order valence-corrected chi connectivity index (χ2v) is 4.56. The quantitative estimate of drug-likeness (QED) is 0.604. The molecule has 92 valence electrons. The van der Waals surface area contributed by atoms with Crippen LogP contribution in [-0.2, 0) is 6.42 Å².